The first-order valence-electron chi connectivity index (χ1n) is 4.38. The van der Waals surface area contributed by atoms with Gasteiger partial charge in [-0.2, -0.15) is 0 Å². The molecule has 0 aromatic rings. The van der Waals surface area contributed by atoms with Crippen molar-refractivity contribution in [1.29, 1.82) is 0 Å². The highest BCUT2D eigenvalue weighted by Gasteiger charge is 2.01. The number of carbonyl (C=O) groups excluding carboxylic acids is 1. The van der Waals surface area contributed by atoms with Crippen molar-refractivity contribution in [2.24, 2.45) is 5.73 Å². The molecule has 0 aromatic heterocycles. The van der Waals surface area contributed by atoms with Gasteiger partial charge >= 0.3 is 0 Å². The summed E-state index contributed by atoms with van der Waals surface area (Å²) < 4.78 is 0. The normalized spacial score (nSPS) is 11.7. The minimum absolute atomic E-state index is 0.309. The van der Waals surface area contributed by atoms with Gasteiger partial charge in [0.05, 0.1) is 0 Å². The van der Waals surface area contributed by atoms with Gasteiger partial charge in [0.1, 0.15) is 0 Å². The van der Waals surface area contributed by atoms with Crippen LogP contribution in [0.2, 0.25) is 0 Å². The van der Waals surface area contributed by atoms with Gasteiger partial charge in [0.25, 0.3) is 0 Å². The molecule has 0 spiro atoms. The number of hydrogen-bond donors (Lipinski definition) is 2. The zero-order valence-corrected chi connectivity index (χ0v) is 7.89. The van der Waals surface area contributed by atoms with Crippen LogP contribution in [-0.4, -0.2) is 19.0 Å². The van der Waals surface area contributed by atoms with Crippen molar-refractivity contribution in [3.8, 4) is 0 Å². The lowest BCUT2D eigenvalue weighted by Gasteiger charge is -2.03. The van der Waals surface area contributed by atoms with Gasteiger partial charge in [-0.3, -0.25) is 4.79 Å². The Bertz CT molecular complexity index is 164. The molecule has 12 heavy (non-hydrogen) atoms. The summed E-state index contributed by atoms with van der Waals surface area (Å²) in [5.74, 6) is -0.309. The quantitative estimate of drug-likeness (QED) is 0.458. The Kier molecular flexibility index (Phi) is 6.38. The molecule has 0 aliphatic carbocycles. The molecule has 0 fully saturated rings. The molecule has 1 amide bonds. The number of allylic oxidation sites excluding steroid dienone is 1. The van der Waals surface area contributed by atoms with Crippen LogP contribution in [0.4, 0.5) is 0 Å². The standard InChI is InChI=1S/C9H18N2O/c1-3-6-11-7-5-8(4-2)9(10)12/h4,11H,3,5-7H2,1-2H3,(H2,10,12). The predicted molar refractivity (Wildman–Crippen MR) is 50.7 cm³/mol. The highest BCUT2D eigenvalue weighted by atomic mass is 16.1. The molecule has 0 atom stereocenters. The van der Waals surface area contributed by atoms with E-state index in [0.717, 1.165) is 25.9 Å². The van der Waals surface area contributed by atoms with E-state index in [-0.39, 0.29) is 5.91 Å². The number of carbonyl (C=O) groups is 1. The van der Waals surface area contributed by atoms with Gasteiger partial charge in [-0.15, -0.1) is 0 Å². The second-order valence-electron chi connectivity index (χ2n) is 2.68. The van der Waals surface area contributed by atoms with E-state index < -0.39 is 0 Å². The van der Waals surface area contributed by atoms with Crippen molar-refractivity contribution >= 4 is 5.91 Å². The molecule has 0 rings (SSSR count). The summed E-state index contributed by atoms with van der Waals surface area (Å²) in [6.45, 7) is 5.77. The second kappa shape index (κ2) is 6.85. The Balaban J connectivity index is 3.54. The summed E-state index contributed by atoms with van der Waals surface area (Å²) >= 11 is 0. The van der Waals surface area contributed by atoms with E-state index in [9.17, 15) is 4.79 Å². The van der Waals surface area contributed by atoms with Crippen molar-refractivity contribution in [3.05, 3.63) is 11.6 Å². The molecule has 0 saturated carbocycles. The average molecular weight is 170 g/mol. The Morgan fingerprint density at radius 3 is 2.58 bits per heavy atom. The van der Waals surface area contributed by atoms with E-state index >= 15 is 0 Å². The van der Waals surface area contributed by atoms with Crippen LogP contribution in [0.3, 0.4) is 0 Å². The molecule has 70 valence electrons. The minimum Gasteiger partial charge on any atom is -0.366 e. The van der Waals surface area contributed by atoms with Crippen LogP contribution in [0.15, 0.2) is 11.6 Å². The van der Waals surface area contributed by atoms with Crippen LogP contribution in [-0.2, 0) is 4.79 Å². The number of rotatable bonds is 6. The summed E-state index contributed by atoms with van der Waals surface area (Å²) in [6.07, 6.45) is 3.61. The molecule has 0 aliphatic rings. The number of amides is 1. The van der Waals surface area contributed by atoms with Crippen molar-refractivity contribution in [3.63, 3.8) is 0 Å². The van der Waals surface area contributed by atoms with Crippen LogP contribution in [0.5, 0.6) is 0 Å². The fourth-order valence-electron chi connectivity index (χ4n) is 0.935. The van der Waals surface area contributed by atoms with E-state index in [2.05, 4.69) is 12.2 Å². The molecule has 0 saturated heterocycles. The molecule has 0 unspecified atom stereocenters. The van der Waals surface area contributed by atoms with Gasteiger partial charge in [0, 0.05) is 5.57 Å². The van der Waals surface area contributed by atoms with Crippen molar-refractivity contribution in [2.75, 3.05) is 13.1 Å². The van der Waals surface area contributed by atoms with Crippen LogP contribution >= 0.6 is 0 Å². The van der Waals surface area contributed by atoms with Gasteiger partial charge in [-0.05, 0) is 32.9 Å². The van der Waals surface area contributed by atoms with Gasteiger partial charge in [-0.1, -0.05) is 13.0 Å². The molecule has 0 bridgehead atoms. The third-order valence-corrected chi connectivity index (χ3v) is 1.66. The fourth-order valence-corrected chi connectivity index (χ4v) is 0.935. The van der Waals surface area contributed by atoms with Crippen LogP contribution in [0, 0.1) is 0 Å². The van der Waals surface area contributed by atoms with Gasteiger partial charge in [0.2, 0.25) is 5.91 Å². The maximum Gasteiger partial charge on any atom is 0.244 e. The van der Waals surface area contributed by atoms with Crippen LogP contribution < -0.4 is 11.1 Å². The van der Waals surface area contributed by atoms with E-state index in [1.807, 2.05) is 6.92 Å². The van der Waals surface area contributed by atoms with E-state index in [0.29, 0.717) is 5.57 Å². The number of primary amides is 1. The molecular weight excluding hydrogens is 152 g/mol. The first-order valence-corrected chi connectivity index (χ1v) is 4.38. The Labute approximate surface area is 74.0 Å². The zero-order chi connectivity index (χ0) is 9.40. The molecule has 0 heterocycles. The minimum atomic E-state index is -0.309. The van der Waals surface area contributed by atoms with Crippen molar-refractivity contribution < 1.29 is 4.79 Å². The topological polar surface area (TPSA) is 55.1 Å². The molecule has 0 aromatic carbocycles. The lowest BCUT2D eigenvalue weighted by molar-refractivity contribution is -0.114. The largest absolute Gasteiger partial charge is 0.366 e. The molecule has 3 heteroatoms. The van der Waals surface area contributed by atoms with E-state index in [1.54, 1.807) is 6.08 Å². The summed E-state index contributed by atoms with van der Waals surface area (Å²) in [4.78, 5) is 10.7. The highest BCUT2D eigenvalue weighted by Crippen LogP contribution is 1.97. The third-order valence-electron chi connectivity index (χ3n) is 1.66. The molecule has 3 N–H and O–H groups in total. The maximum atomic E-state index is 10.7. The molecule has 0 radical (unpaired) electrons. The van der Waals surface area contributed by atoms with Gasteiger partial charge in [-0.25, -0.2) is 0 Å². The fraction of sp³-hybridized carbons (Fsp3) is 0.667. The Morgan fingerprint density at radius 2 is 2.17 bits per heavy atom. The third kappa shape index (κ3) is 4.91. The van der Waals surface area contributed by atoms with Crippen LogP contribution in [0.25, 0.3) is 0 Å². The number of nitrogens with one attached hydrogen (secondary N) is 1. The Hall–Kier alpha value is -0.830. The highest BCUT2D eigenvalue weighted by molar-refractivity contribution is 5.91. The predicted octanol–water partition coefficient (Wildman–Crippen LogP) is 0.808. The molecule has 3 nitrogen and oxygen atoms in total. The van der Waals surface area contributed by atoms with Crippen LogP contribution in [0.1, 0.15) is 26.7 Å². The Morgan fingerprint density at radius 1 is 1.50 bits per heavy atom. The SMILES string of the molecule is CC=C(CCNCCC)C(N)=O. The van der Waals surface area contributed by atoms with Gasteiger partial charge in [0.15, 0.2) is 0 Å². The lowest BCUT2D eigenvalue weighted by atomic mass is 10.1. The molecular formula is C9H18N2O. The zero-order valence-electron chi connectivity index (χ0n) is 7.89. The van der Waals surface area contributed by atoms with Crippen molar-refractivity contribution in [1.82, 2.24) is 5.32 Å². The van der Waals surface area contributed by atoms with Gasteiger partial charge < -0.3 is 11.1 Å². The monoisotopic (exact) mass is 170 g/mol. The number of hydrogen-bond acceptors (Lipinski definition) is 2. The summed E-state index contributed by atoms with van der Waals surface area (Å²) in [6, 6.07) is 0. The average Bonchev–Trinajstić information content (AvgIpc) is 2.04. The van der Waals surface area contributed by atoms with E-state index in [4.69, 9.17) is 5.73 Å². The lowest BCUT2D eigenvalue weighted by Crippen LogP contribution is -2.21. The molecule has 0 aliphatic heterocycles. The first kappa shape index (κ1) is 11.2. The summed E-state index contributed by atoms with van der Waals surface area (Å²) in [7, 11) is 0. The summed E-state index contributed by atoms with van der Waals surface area (Å²) in [5.41, 5.74) is 5.83. The number of nitrogens with two attached hydrogens (primary N) is 1. The summed E-state index contributed by atoms with van der Waals surface area (Å²) in [5, 5.41) is 3.21. The maximum absolute atomic E-state index is 10.7. The first-order chi connectivity index (χ1) is 5.72. The van der Waals surface area contributed by atoms with E-state index in [1.165, 1.54) is 0 Å². The smallest absolute Gasteiger partial charge is 0.244 e. The van der Waals surface area contributed by atoms with Crippen molar-refractivity contribution in [2.45, 2.75) is 26.7 Å². The second-order valence-corrected chi connectivity index (χ2v) is 2.68.